The summed E-state index contributed by atoms with van der Waals surface area (Å²) >= 11 is 11.2. The van der Waals surface area contributed by atoms with Crippen LogP contribution in [0.5, 0.6) is 0 Å². The fourth-order valence-corrected chi connectivity index (χ4v) is 4.51. The minimum atomic E-state index is -3.99. The summed E-state index contributed by atoms with van der Waals surface area (Å²) in [6.07, 6.45) is 2.31. The van der Waals surface area contributed by atoms with Crippen LogP contribution < -0.4 is 0 Å². The summed E-state index contributed by atoms with van der Waals surface area (Å²) in [5.41, 5.74) is 1.23. The Hall–Kier alpha value is -1.37. The number of hydrogen-bond donors (Lipinski definition) is 0. The average Bonchev–Trinajstić information content (AvgIpc) is 2.93. The summed E-state index contributed by atoms with van der Waals surface area (Å²) in [5.74, 6) is 0.130. The lowest BCUT2D eigenvalue weighted by Crippen LogP contribution is -2.04. The number of halogens is 2. The normalized spacial score (nSPS) is 12.7. The van der Waals surface area contributed by atoms with Gasteiger partial charge in [-0.25, -0.2) is 0 Å². The van der Waals surface area contributed by atoms with Gasteiger partial charge in [-0.3, -0.25) is 14.7 Å². The molecule has 0 aliphatic rings. The predicted octanol–water partition coefficient (Wildman–Crippen LogP) is 4.46. The second-order valence-corrected chi connectivity index (χ2v) is 7.76. The lowest BCUT2D eigenvalue weighted by molar-refractivity contribution is -0.401. The predicted molar refractivity (Wildman–Crippen MR) is 98.8 cm³/mol. The van der Waals surface area contributed by atoms with Crippen LogP contribution in [0, 0.1) is 10.1 Å². The van der Waals surface area contributed by atoms with Crippen LogP contribution in [-0.4, -0.2) is 34.5 Å². The first kappa shape index (κ1) is 19.9. The Labute approximate surface area is 154 Å². The van der Waals surface area contributed by atoms with E-state index in [-0.39, 0.29) is 30.3 Å². The fraction of sp³-hybridized carbons (Fsp3) is 0.333. The number of aryl methyl sites for hydroxylation is 1. The van der Waals surface area contributed by atoms with Gasteiger partial charge in [-0.2, -0.15) is 0 Å². The molecule has 0 amide bonds. The Morgan fingerprint density at radius 3 is 2.44 bits per heavy atom. The monoisotopic (exact) mass is 406 g/mol. The van der Waals surface area contributed by atoms with Gasteiger partial charge in [0.25, 0.3) is 6.20 Å². The van der Waals surface area contributed by atoms with Crippen molar-refractivity contribution in [3.8, 4) is 0 Å². The zero-order valence-corrected chi connectivity index (χ0v) is 15.8. The summed E-state index contributed by atoms with van der Waals surface area (Å²) in [6.45, 7) is -0.165. The average molecular weight is 407 g/mol. The minimum Gasteiger partial charge on any atom is -0.350 e. The third-order valence-corrected chi connectivity index (χ3v) is 5.67. The molecule has 0 spiro atoms. The largest absolute Gasteiger partial charge is 0.368 e. The van der Waals surface area contributed by atoms with E-state index in [9.17, 15) is 14.7 Å². The molecule has 0 saturated carbocycles. The fourth-order valence-electron chi connectivity index (χ4n) is 2.42. The number of hydrogen-bond acceptors (Lipinski definition) is 5. The molecule has 2 rings (SSSR count). The highest BCUT2D eigenvalue weighted by Gasteiger charge is 2.36. The molecule has 1 heterocycles. The molecule has 0 aliphatic carbocycles. The molecule has 0 bridgehead atoms. The van der Waals surface area contributed by atoms with Gasteiger partial charge in [0.15, 0.2) is 0 Å². The van der Waals surface area contributed by atoms with Crippen LogP contribution in [0.15, 0.2) is 36.7 Å². The Morgan fingerprint density at radius 1 is 1.28 bits per heavy atom. The second-order valence-electron chi connectivity index (χ2n) is 5.01. The highest BCUT2D eigenvalue weighted by atomic mass is 35.5. The van der Waals surface area contributed by atoms with Crippen molar-refractivity contribution >= 4 is 47.0 Å². The molecule has 0 atom stereocenters. The van der Waals surface area contributed by atoms with E-state index < -0.39 is 12.5 Å². The van der Waals surface area contributed by atoms with Crippen LogP contribution in [0.1, 0.15) is 5.56 Å². The van der Waals surface area contributed by atoms with Gasteiger partial charge in [-0.05, 0) is 6.07 Å². The number of fused-ring (bicyclic) bond motifs is 1. The molecule has 1 aromatic heterocycles. The maximum Gasteiger partial charge on any atom is 0.368 e. The topological polar surface area (TPSA) is 83.6 Å². The van der Waals surface area contributed by atoms with Gasteiger partial charge in [0.1, 0.15) is 5.31 Å². The van der Waals surface area contributed by atoms with Gasteiger partial charge < -0.3 is 13.6 Å². The summed E-state index contributed by atoms with van der Waals surface area (Å²) in [7, 11) is -2.20. The Kier molecular flexibility index (Phi) is 7.04. The van der Waals surface area contributed by atoms with E-state index in [1.165, 1.54) is 0 Å². The van der Waals surface area contributed by atoms with Gasteiger partial charge in [0.05, 0.1) is 18.1 Å². The molecule has 2 aromatic rings. The molecule has 25 heavy (non-hydrogen) atoms. The van der Waals surface area contributed by atoms with E-state index in [0.717, 1.165) is 5.52 Å². The lowest BCUT2D eigenvalue weighted by atomic mass is 10.2. The lowest BCUT2D eigenvalue weighted by Gasteiger charge is -2.19. The Balaban J connectivity index is 2.64. The Bertz CT molecular complexity index is 824. The summed E-state index contributed by atoms with van der Waals surface area (Å²) in [5, 5.41) is 11.7. The molecule has 1 aromatic carbocycles. The third kappa shape index (κ3) is 4.63. The van der Waals surface area contributed by atoms with Gasteiger partial charge in [0.2, 0.25) is 0 Å². The molecule has 136 valence electrons. The van der Waals surface area contributed by atoms with Crippen LogP contribution in [0.4, 0.5) is 0 Å². The molecule has 0 radical (unpaired) electrons. The van der Waals surface area contributed by atoms with Crippen molar-refractivity contribution < 1.29 is 18.5 Å². The number of rotatable bonds is 9. The summed E-state index contributed by atoms with van der Waals surface area (Å²) in [6, 6.07) is 7.27. The van der Waals surface area contributed by atoms with Gasteiger partial charge in [0, 0.05) is 41.5 Å². The van der Waals surface area contributed by atoms with Crippen molar-refractivity contribution in [1.29, 1.82) is 0 Å². The first-order valence-electron chi connectivity index (χ1n) is 7.34. The van der Waals surface area contributed by atoms with Crippen molar-refractivity contribution in [2.45, 2.75) is 0 Å². The molecule has 10 heteroatoms. The summed E-state index contributed by atoms with van der Waals surface area (Å²) < 4.78 is 25.7. The zero-order valence-electron chi connectivity index (χ0n) is 13.4. The second kappa shape index (κ2) is 8.83. The number of para-hydroxylation sites is 1. The number of alkyl halides is 2. The maximum atomic E-state index is 13.3. The Morgan fingerprint density at radius 2 is 1.88 bits per heavy atom. The third-order valence-electron chi connectivity index (χ3n) is 3.37. The quantitative estimate of drug-likeness (QED) is 0.265. The number of nitrogens with zero attached hydrogens (tertiary/aromatic N) is 2. The van der Waals surface area contributed by atoms with E-state index in [1.807, 2.05) is 12.1 Å². The van der Waals surface area contributed by atoms with E-state index in [1.54, 1.807) is 29.9 Å². The molecule has 0 N–H and O–H groups in total. The van der Waals surface area contributed by atoms with E-state index >= 15 is 0 Å². The number of nitro groups is 1. The van der Waals surface area contributed by atoms with Crippen LogP contribution in [0.3, 0.4) is 0 Å². The van der Waals surface area contributed by atoms with Crippen LogP contribution in [0.2, 0.25) is 0 Å². The van der Waals surface area contributed by atoms with Crippen LogP contribution >= 0.6 is 30.8 Å². The molecule has 0 aliphatic heterocycles. The SMILES string of the molecule is Cn1cc(C(=C[N+](=O)[O-])P(=O)(OCCCl)OCCCl)c2ccccc21. The summed E-state index contributed by atoms with van der Waals surface area (Å²) in [4.78, 5) is 10.5. The standard InChI is InChI=1S/C15H17Cl2N2O5P/c1-18-10-13(12-4-2-3-5-14(12)18)15(11-19(20)21)25(22,23-8-6-16)24-9-7-17/h2-5,10-11H,6-9H2,1H3. The molecular formula is C15H17Cl2N2O5P. The van der Waals surface area contributed by atoms with Crippen molar-refractivity contribution in [2.24, 2.45) is 7.05 Å². The zero-order chi connectivity index (χ0) is 18.4. The van der Waals surface area contributed by atoms with Gasteiger partial charge in [-0.1, -0.05) is 18.2 Å². The van der Waals surface area contributed by atoms with E-state index in [2.05, 4.69) is 0 Å². The minimum absolute atomic E-state index is 0.0650. The molecule has 0 unspecified atom stereocenters. The first-order valence-corrected chi connectivity index (χ1v) is 9.95. The van der Waals surface area contributed by atoms with Crippen molar-refractivity contribution in [3.05, 3.63) is 52.3 Å². The maximum absolute atomic E-state index is 13.3. The first-order chi connectivity index (χ1) is 11.9. The molecule has 0 saturated heterocycles. The van der Waals surface area contributed by atoms with Crippen LogP contribution in [-0.2, 0) is 20.7 Å². The van der Waals surface area contributed by atoms with Crippen molar-refractivity contribution in [1.82, 2.24) is 4.57 Å². The number of benzene rings is 1. The molecule has 0 fully saturated rings. The van der Waals surface area contributed by atoms with Crippen LogP contribution in [0.25, 0.3) is 16.2 Å². The van der Waals surface area contributed by atoms with E-state index in [0.29, 0.717) is 17.1 Å². The highest BCUT2D eigenvalue weighted by Crippen LogP contribution is 2.61. The molecule has 7 nitrogen and oxygen atoms in total. The highest BCUT2D eigenvalue weighted by molar-refractivity contribution is 7.65. The van der Waals surface area contributed by atoms with Gasteiger partial charge in [-0.15, -0.1) is 23.2 Å². The molecular weight excluding hydrogens is 390 g/mol. The smallest absolute Gasteiger partial charge is 0.350 e. The number of aromatic nitrogens is 1. The van der Waals surface area contributed by atoms with E-state index in [4.69, 9.17) is 32.2 Å². The van der Waals surface area contributed by atoms with Gasteiger partial charge >= 0.3 is 7.60 Å². The van der Waals surface area contributed by atoms with Crippen molar-refractivity contribution in [2.75, 3.05) is 25.0 Å². The van der Waals surface area contributed by atoms with Crippen molar-refractivity contribution in [3.63, 3.8) is 0 Å².